The zero-order chi connectivity index (χ0) is 22.8. The van der Waals surface area contributed by atoms with Gasteiger partial charge in [-0.05, 0) is 61.4 Å². The summed E-state index contributed by atoms with van der Waals surface area (Å²) in [6, 6.07) is 13.1. The molecule has 0 aliphatic rings. The van der Waals surface area contributed by atoms with E-state index in [1.807, 2.05) is 26.0 Å². The first-order valence-corrected chi connectivity index (χ1v) is 9.94. The van der Waals surface area contributed by atoms with Crippen molar-refractivity contribution < 1.29 is 9.59 Å². The summed E-state index contributed by atoms with van der Waals surface area (Å²) in [6.07, 6.45) is 3.21. The molecule has 0 fully saturated rings. The van der Waals surface area contributed by atoms with Crippen molar-refractivity contribution in [1.29, 1.82) is 0 Å². The number of amides is 3. The lowest BCUT2D eigenvalue weighted by Gasteiger charge is -2.13. The Labute approximate surface area is 184 Å². The molecule has 1 aromatic carbocycles. The Morgan fingerprint density at radius 1 is 0.969 bits per heavy atom. The van der Waals surface area contributed by atoms with Crippen molar-refractivity contribution in [3.05, 3.63) is 88.2 Å². The number of anilines is 1. The van der Waals surface area contributed by atoms with Crippen LogP contribution < -0.4 is 16.2 Å². The van der Waals surface area contributed by atoms with E-state index in [1.165, 1.54) is 12.3 Å². The molecule has 3 amide bonds. The van der Waals surface area contributed by atoms with Crippen molar-refractivity contribution in [3.8, 4) is 11.1 Å². The van der Waals surface area contributed by atoms with E-state index >= 15 is 0 Å². The molecule has 0 atom stereocenters. The van der Waals surface area contributed by atoms with Crippen molar-refractivity contribution >= 4 is 28.5 Å². The number of urea groups is 1. The predicted octanol–water partition coefficient (Wildman–Crippen LogP) is 3.57. The SMILES string of the molecule is Cc1cc2c(cn1)cc(-c1cc(NC(=O)NC(=O)c3ccccn3)ccc1C)c(=O)n2C. The van der Waals surface area contributed by atoms with Crippen LogP contribution in [0.25, 0.3) is 22.0 Å². The highest BCUT2D eigenvalue weighted by Crippen LogP contribution is 2.26. The van der Waals surface area contributed by atoms with E-state index in [-0.39, 0.29) is 11.3 Å². The van der Waals surface area contributed by atoms with Crippen molar-refractivity contribution in [3.63, 3.8) is 0 Å². The Hall–Kier alpha value is -4.33. The Bertz CT molecular complexity index is 1410. The molecule has 4 rings (SSSR count). The monoisotopic (exact) mass is 427 g/mol. The van der Waals surface area contributed by atoms with E-state index in [0.29, 0.717) is 16.8 Å². The molecule has 0 unspecified atom stereocenters. The van der Waals surface area contributed by atoms with Gasteiger partial charge in [0.05, 0.1) is 5.52 Å². The van der Waals surface area contributed by atoms with Crippen LogP contribution in [0.15, 0.2) is 65.7 Å². The minimum Gasteiger partial charge on any atom is -0.311 e. The highest BCUT2D eigenvalue weighted by molar-refractivity contribution is 6.07. The van der Waals surface area contributed by atoms with Crippen molar-refractivity contribution in [1.82, 2.24) is 19.9 Å². The molecule has 3 aromatic heterocycles. The van der Waals surface area contributed by atoms with Crippen LogP contribution in [-0.2, 0) is 7.05 Å². The number of hydrogen-bond acceptors (Lipinski definition) is 5. The lowest BCUT2D eigenvalue weighted by Crippen LogP contribution is -2.34. The third-order valence-corrected chi connectivity index (χ3v) is 5.16. The fourth-order valence-electron chi connectivity index (χ4n) is 3.47. The molecular formula is C24H21N5O3. The number of nitrogens with one attached hydrogen (secondary N) is 2. The Morgan fingerprint density at radius 2 is 1.78 bits per heavy atom. The van der Waals surface area contributed by atoms with E-state index < -0.39 is 11.9 Å². The first kappa shape index (κ1) is 20.9. The first-order valence-electron chi connectivity index (χ1n) is 9.94. The quantitative estimate of drug-likeness (QED) is 0.520. The standard InChI is InChI=1S/C24H21N5O3/c1-14-7-8-17(27-24(32)28-22(30)20-6-4-5-9-25-20)12-18(14)19-11-16-13-26-15(2)10-21(16)29(3)23(19)31/h4-13H,1-3H3,(H2,27,28,30,32). The number of rotatable bonds is 3. The smallest absolute Gasteiger partial charge is 0.311 e. The molecular weight excluding hydrogens is 406 g/mol. The highest BCUT2D eigenvalue weighted by atomic mass is 16.2. The van der Waals surface area contributed by atoms with E-state index in [2.05, 4.69) is 20.6 Å². The van der Waals surface area contributed by atoms with Gasteiger partial charge in [0.2, 0.25) is 0 Å². The number of carbonyl (C=O) groups is 2. The number of imide groups is 1. The largest absolute Gasteiger partial charge is 0.326 e. The van der Waals surface area contributed by atoms with E-state index in [0.717, 1.165) is 22.2 Å². The minimum absolute atomic E-state index is 0.135. The van der Waals surface area contributed by atoms with Gasteiger partial charge in [0.1, 0.15) is 5.69 Å². The van der Waals surface area contributed by atoms with Gasteiger partial charge < -0.3 is 9.88 Å². The summed E-state index contributed by atoms with van der Waals surface area (Å²) in [6.45, 7) is 3.77. The van der Waals surface area contributed by atoms with E-state index in [9.17, 15) is 14.4 Å². The molecule has 2 N–H and O–H groups in total. The van der Waals surface area contributed by atoms with Crippen LogP contribution in [0.1, 0.15) is 21.7 Å². The first-order chi connectivity index (χ1) is 15.3. The third-order valence-electron chi connectivity index (χ3n) is 5.16. The topological polar surface area (TPSA) is 106 Å². The summed E-state index contributed by atoms with van der Waals surface area (Å²) in [5.41, 5.74) is 4.10. The molecule has 0 aliphatic carbocycles. The van der Waals surface area contributed by atoms with Crippen LogP contribution in [0.2, 0.25) is 0 Å². The van der Waals surface area contributed by atoms with Gasteiger partial charge in [-0.15, -0.1) is 0 Å². The average Bonchev–Trinajstić information content (AvgIpc) is 2.78. The maximum Gasteiger partial charge on any atom is 0.326 e. The summed E-state index contributed by atoms with van der Waals surface area (Å²) in [4.78, 5) is 45.8. The van der Waals surface area contributed by atoms with Crippen molar-refractivity contribution in [2.75, 3.05) is 5.32 Å². The molecule has 4 aromatic rings. The summed E-state index contributed by atoms with van der Waals surface area (Å²) in [5.74, 6) is -0.610. The zero-order valence-electron chi connectivity index (χ0n) is 17.8. The number of carbonyl (C=O) groups excluding carboxylic acids is 2. The molecule has 0 radical (unpaired) electrons. The Kier molecular flexibility index (Phi) is 5.51. The molecule has 8 heteroatoms. The van der Waals surface area contributed by atoms with Crippen LogP contribution in [0, 0.1) is 13.8 Å². The highest BCUT2D eigenvalue weighted by Gasteiger charge is 2.15. The van der Waals surface area contributed by atoms with Gasteiger partial charge in [0.25, 0.3) is 11.5 Å². The summed E-state index contributed by atoms with van der Waals surface area (Å²) in [5, 5.41) is 5.72. The molecule has 160 valence electrons. The van der Waals surface area contributed by atoms with E-state index in [4.69, 9.17) is 0 Å². The van der Waals surface area contributed by atoms with Crippen LogP contribution in [0.5, 0.6) is 0 Å². The van der Waals surface area contributed by atoms with Crippen LogP contribution in [0.3, 0.4) is 0 Å². The molecule has 3 heterocycles. The maximum atomic E-state index is 13.1. The molecule has 8 nitrogen and oxygen atoms in total. The molecule has 0 saturated heterocycles. The summed E-state index contributed by atoms with van der Waals surface area (Å²) in [7, 11) is 1.72. The van der Waals surface area contributed by atoms with Gasteiger partial charge in [-0.1, -0.05) is 12.1 Å². The maximum absolute atomic E-state index is 13.1. The summed E-state index contributed by atoms with van der Waals surface area (Å²) >= 11 is 0. The second-order valence-corrected chi connectivity index (χ2v) is 7.46. The third kappa shape index (κ3) is 4.11. The number of pyridine rings is 3. The zero-order valence-corrected chi connectivity index (χ0v) is 17.8. The van der Waals surface area contributed by atoms with Crippen LogP contribution in [0.4, 0.5) is 10.5 Å². The number of benzene rings is 1. The van der Waals surface area contributed by atoms with Gasteiger partial charge in [-0.25, -0.2) is 4.79 Å². The fourth-order valence-corrected chi connectivity index (χ4v) is 3.47. The lowest BCUT2D eigenvalue weighted by molar-refractivity contribution is 0.0962. The normalized spacial score (nSPS) is 10.7. The fraction of sp³-hybridized carbons (Fsp3) is 0.125. The van der Waals surface area contributed by atoms with Gasteiger partial charge in [0.15, 0.2) is 0 Å². The molecule has 0 saturated carbocycles. The predicted molar refractivity (Wildman–Crippen MR) is 123 cm³/mol. The van der Waals surface area contributed by atoms with Crippen LogP contribution in [-0.4, -0.2) is 26.5 Å². The number of aryl methyl sites for hydroxylation is 3. The average molecular weight is 427 g/mol. The van der Waals surface area contributed by atoms with Gasteiger partial charge >= 0.3 is 6.03 Å². The summed E-state index contributed by atoms with van der Waals surface area (Å²) < 4.78 is 1.59. The van der Waals surface area contributed by atoms with E-state index in [1.54, 1.807) is 48.1 Å². The number of hydrogen-bond donors (Lipinski definition) is 2. The molecule has 0 aliphatic heterocycles. The van der Waals surface area contributed by atoms with Gasteiger partial charge in [0, 0.05) is 41.8 Å². The molecule has 32 heavy (non-hydrogen) atoms. The number of fused-ring (bicyclic) bond motifs is 1. The Morgan fingerprint density at radius 3 is 2.53 bits per heavy atom. The molecule has 0 spiro atoms. The van der Waals surface area contributed by atoms with Gasteiger partial charge in [-0.3, -0.25) is 24.9 Å². The number of nitrogens with zero attached hydrogens (tertiary/aromatic N) is 3. The van der Waals surface area contributed by atoms with Crippen molar-refractivity contribution in [2.24, 2.45) is 7.05 Å². The van der Waals surface area contributed by atoms with Crippen molar-refractivity contribution in [2.45, 2.75) is 13.8 Å². The second kappa shape index (κ2) is 8.43. The Balaban J connectivity index is 1.64. The minimum atomic E-state index is -0.693. The second-order valence-electron chi connectivity index (χ2n) is 7.46. The number of aromatic nitrogens is 3. The molecule has 0 bridgehead atoms. The van der Waals surface area contributed by atoms with Crippen LogP contribution >= 0.6 is 0 Å². The lowest BCUT2D eigenvalue weighted by atomic mass is 9.99. The van der Waals surface area contributed by atoms with Gasteiger partial charge in [-0.2, -0.15) is 0 Å².